The number of anilines is 1. The van der Waals surface area contributed by atoms with Crippen LogP contribution in [0.2, 0.25) is 0 Å². The average Bonchev–Trinajstić information content (AvgIpc) is 2.98. The van der Waals surface area contributed by atoms with Crippen molar-refractivity contribution in [3.05, 3.63) is 65.2 Å². The Morgan fingerprint density at radius 2 is 1.59 bits per heavy atom. The van der Waals surface area contributed by atoms with E-state index in [1.807, 2.05) is 24.3 Å². The lowest BCUT2D eigenvalue weighted by Crippen LogP contribution is -2.41. The van der Waals surface area contributed by atoms with Crippen LogP contribution in [0.3, 0.4) is 0 Å². The lowest BCUT2D eigenvalue weighted by Gasteiger charge is -2.23. The minimum Gasteiger partial charge on any atom is -0.381 e. The van der Waals surface area contributed by atoms with Gasteiger partial charge in [0.2, 0.25) is 0 Å². The van der Waals surface area contributed by atoms with Crippen molar-refractivity contribution >= 4 is 23.5 Å². The number of nitrogens with one attached hydrogen (secondary N) is 2. The smallest absolute Gasteiger partial charge is 0.319 e. The van der Waals surface area contributed by atoms with Crippen molar-refractivity contribution in [1.29, 1.82) is 0 Å². The number of ether oxygens (including phenoxy) is 1. The van der Waals surface area contributed by atoms with Gasteiger partial charge in [0, 0.05) is 31.5 Å². The Bertz CT molecular complexity index is 885. The van der Waals surface area contributed by atoms with E-state index < -0.39 is 0 Å². The third-order valence-electron chi connectivity index (χ3n) is 5.27. The Balaban J connectivity index is 1.29. The summed E-state index contributed by atoms with van der Waals surface area (Å²) in [6, 6.07) is 14.2. The van der Waals surface area contributed by atoms with Crippen molar-refractivity contribution in [1.82, 2.24) is 10.2 Å². The van der Waals surface area contributed by atoms with E-state index in [4.69, 9.17) is 4.74 Å². The number of rotatable bonds is 5. The zero-order valence-electron chi connectivity index (χ0n) is 16.0. The molecular formula is C22H23N3O4. The number of amides is 4. The first-order valence-electron chi connectivity index (χ1n) is 9.81. The van der Waals surface area contributed by atoms with Gasteiger partial charge >= 0.3 is 6.03 Å². The van der Waals surface area contributed by atoms with E-state index in [-0.39, 0.29) is 23.9 Å². The summed E-state index contributed by atoms with van der Waals surface area (Å²) in [7, 11) is 0. The molecule has 2 aromatic rings. The molecule has 1 fully saturated rings. The molecule has 0 spiro atoms. The zero-order valence-corrected chi connectivity index (χ0v) is 16.0. The first-order valence-corrected chi connectivity index (χ1v) is 9.81. The van der Waals surface area contributed by atoms with Crippen LogP contribution in [-0.2, 0) is 11.2 Å². The quantitative estimate of drug-likeness (QED) is 0.765. The maximum Gasteiger partial charge on any atom is 0.319 e. The summed E-state index contributed by atoms with van der Waals surface area (Å²) in [6.45, 7) is 1.67. The summed E-state index contributed by atoms with van der Waals surface area (Å²) >= 11 is 0. The third kappa shape index (κ3) is 4.30. The van der Waals surface area contributed by atoms with Crippen molar-refractivity contribution in [3.63, 3.8) is 0 Å². The first-order chi connectivity index (χ1) is 14.1. The van der Waals surface area contributed by atoms with Gasteiger partial charge in [0.25, 0.3) is 11.8 Å². The van der Waals surface area contributed by atoms with E-state index in [0.717, 1.165) is 18.4 Å². The molecule has 0 unspecified atom stereocenters. The van der Waals surface area contributed by atoms with E-state index in [9.17, 15) is 14.4 Å². The highest BCUT2D eigenvalue weighted by Gasteiger charge is 2.34. The lowest BCUT2D eigenvalue weighted by atomic mass is 10.1. The summed E-state index contributed by atoms with van der Waals surface area (Å²) in [5.74, 6) is -0.484. The summed E-state index contributed by atoms with van der Waals surface area (Å²) in [5, 5.41) is 5.78. The zero-order chi connectivity index (χ0) is 20.2. The number of imide groups is 1. The molecule has 2 aliphatic heterocycles. The van der Waals surface area contributed by atoms with E-state index in [2.05, 4.69) is 10.6 Å². The van der Waals surface area contributed by atoms with Crippen LogP contribution >= 0.6 is 0 Å². The second kappa shape index (κ2) is 8.45. The van der Waals surface area contributed by atoms with Crippen LogP contribution in [0.1, 0.15) is 39.1 Å². The molecule has 29 heavy (non-hydrogen) atoms. The summed E-state index contributed by atoms with van der Waals surface area (Å²) < 4.78 is 5.29. The lowest BCUT2D eigenvalue weighted by molar-refractivity contribution is 0.0656. The average molecular weight is 393 g/mol. The predicted octanol–water partition coefficient (Wildman–Crippen LogP) is 2.83. The molecule has 0 aromatic heterocycles. The molecule has 0 bridgehead atoms. The number of hydrogen-bond acceptors (Lipinski definition) is 4. The standard InChI is InChI=1S/C22H23N3O4/c26-20-18-3-1-2-4-19(18)21(27)25(20)12-9-15-5-7-16(8-6-15)23-22(28)24-17-10-13-29-14-11-17/h1-8,17H,9-14H2,(H2,23,24,28). The molecule has 0 saturated carbocycles. The topological polar surface area (TPSA) is 87.7 Å². The fourth-order valence-corrected chi connectivity index (χ4v) is 3.63. The van der Waals surface area contributed by atoms with E-state index in [1.165, 1.54) is 4.90 Å². The maximum atomic E-state index is 12.4. The van der Waals surface area contributed by atoms with Gasteiger partial charge in [0.15, 0.2) is 0 Å². The van der Waals surface area contributed by atoms with Crippen LogP contribution in [0.4, 0.5) is 10.5 Å². The molecule has 7 nitrogen and oxygen atoms in total. The van der Waals surface area contributed by atoms with Crippen LogP contribution in [0, 0.1) is 0 Å². The molecule has 4 rings (SSSR count). The Morgan fingerprint density at radius 1 is 0.966 bits per heavy atom. The highest BCUT2D eigenvalue weighted by molar-refractivity contribution is 6.21. The fraction of sp³-hybridized carbons (Fsp3) is 0.318. The van der Waals surface area contributed by atoms with Crippen molar-refractivity contribution in [2.24, 2.45) is 0 Å². The second-order valence-corrected chi connectivity index (χ2v) is 7.24. The minimum absolute atomic E-state index is 0.141. The van der Waals surface area contributed by atoms with Crippen molar-refractivity contribution < 1.29 is 19.1 Å². The number of fused-ring (bicyclic) bond motifs is 1. The molecule has 1 saturated heterocycles. The van der Waals surface area contributed by atoms with Crippen molar-refractivity contribution in [2.45, 2.75) is 25.3 Å². The number of nitrogens with zero attached hydrogens (tertiary/aromatic N) is 1. The molecule has 2 heterocycles. The summed E-state index contributed by atoms with van der Waals surface area (Å²) in [6.07, 6.45) is 2.20. The fourth-order valence-electron chi connectivity index (χ4n) is 3.63. The Morgan fingerprint density at radius 3 is 2.21 bits per heavy atom. The Kier molecular flexibility index (Phi) is 5.57. The third-order valence-corrected chi connectivity index (χ3v) is 5.27. The highest BCUT2D eigenvalue weighted by Crippen LogP contribution is 2.22. The number of hydrogen-bond donors (Lipinski definition) is 2. The largest absolute Gasteiger partial charge is 0.381 e. The Labute approximate surface area is 169 Å². The van der Waals surface area contributed by atoms with Crippen molar-refractivity contribution in [3.8, 4) is 0 Å². The molecule has 0 radical (unpaired) electrons. The number of urea groups is 1. The molecule has 7 heteroatoms. The van der Waals surface area contributed by atoms with Gasteiger partial charge in [-0.3, -0.25) is 14.5 Å². The molecule has 4 amide bonds. The van der Waals surface area contributed by atoms with Crippen molar-refractivity contribution in [2.75, 3.05) is 25.1 Å². The molecular weight excluding hydrogens is 370 g/mol. The second-order valence-electron chi connectivity index (χ2n) is 7.24. The molecule has 0 atom stereocenters. The first kappa shape index (κ1) is 19.1. The van der Waals surface area contributed by atoms with Gasteiger partial charge in [-0.05, 0) is 49.1 Å². The molecule has 2 aromatic carbocycles. The van der Waals surface area contributed by atoms with Crippen LogP contribution in [0.25, 0.3) is 0 Å². The van der Waals surface area contributed by atoms with Gasteiger partial charge < -0.3 is 15.4 Å². The maximum absolute atomic E-state index is 12.4. The summed E-state index contributed by atoms with van der Waals surface area (Å²) in [5.41, 5.74) is 2.61. The van der Waals surface area contributed by atoms with E-state index >= 15 is 0 Å². The van der Waals surface area contributed by atoms with Gasteiger partial charge in [-0.25, -0.2) is 4.79 Å². The molecule has 2 N–H and O–H groups in total. The van der Waals surface area contributed by atoms with Crippen LogP contribution in [0.15, 0.2) is 48.5 Å². The molecule has 150 valence electrons. The van der Waals surface area contributed by atoms with Gasteiger partial charge in [0.1, 0.15) is 0 Å². The highest BCUT2D eigenvalue weighted by atomic mass is 16.5. The van der Waals surface area contributed by atoms with Crippen LogP contribution in [-0.4, -0.2) is 48.5 Å². The number of benzene rings is 2. The summed E-state index contributed by atoms with van der Waals surface area (Å²) in [4.78, 5) is 38.2. The van der Waals surface area contributed by atoms with Gasteiger partial charge in [-0.2, -0.15) is 0 Å². The normalized spacial score (nSPS) is 16.6. The van der Waals surface area contributed by atoms with Crippen LogP contribution in [0.5, 0.6) is 0 Å². The van der Waals surface area contributed by atoms with E-state index in [0.29, 0.717) is 43.0 Å². The van der Waals surface area contributed by atoms with Gasteiger partial charge in [-0.15, -0.1) is 0 Å². The monoisotopic (exact) mass is 393 g/mol. The van der Waals surface area contributed by atoms with Crippen LogP contribution < -0.4 is 10.6 Å². The Hall–Kier alpha value is -3.19. The van der Waals surface area contributed by atoms with Gasteiger partial charge in [-0.1, -0.05) is 24.3 Å². The molecule has 0 aliphatic carbocycles. The van der Waals surface area contributed by atoms with E-state index in [1.54, 1.807) is 24.3 Å². The number of carbonyl (C=O) groups excluding carboxylic acids is 3. The predicted molar refractivity (Wildman–Crippen MR) is 108 cm³/mol. The van der Waals surface area contributed by atoms with Gasteiger partial charge in [0.05, 0.1) is 11.1 Å². The molecule has 2 aliphatic rings. The minimum atomic E-state index is -0.242. The SMILES string of the molecule is O=C(Nc1ccc(CCN2C(=O)c3ccccc3C2=O)cc1)NC1CCOCC1. The number of carbonyl (C=O) groups is 3.